The largest absolute Gasteiger partial charge is 0.492 e. The number of thiazole rings is 1. The van der Waals surface area contributed by atoms with Gasteiger partial charge in [0.1, 0.15) is 17.4 Å². The second kappa shape index (κ2) is 11.5. The number of rotatable bonds is 7. The second-order valence-electron chi connectivity index (χ2n) is 5.18. The number of hydrogen-bond donors (Lipinski definition) is 2. The quantitative estimate of drug-likeness (QED) is 0.263. The van der Waals surface area contributed by atoms with Crippen molar-refractivity contribution in [2.45, 2.75) is 27.3 Å². The zero-order valence-electron chi connectivity index (χ0n) is 14.6. The molecule has 0 radical (unpaired) electrons. The number of aliphatic imine (C=N–C) groups is 1. The fourth-order valence-corrected chi connectivity index (χ4v) is 3.03. The molecule has 2 N–H and O–H groups in total. The average Bonchev–Trinajstić information content (AvgIpc) is 2.87. The first-order chi connectivity index (χ1) is 11.6. The number of nitrogens with zero attached hydrogens (tertiary/aromatic N) is 2. The lowest BCUT2D eigenvalue weighted by Gasteiger charge is -2.12. The van der Waals surface area contributed by atoms with Crippen molar-refractivity contribution in [1.82, 2.24) is 15.6 Å². The summed E-state index contributed by atoms with van der Waals surface area (Å²) in [6.07, 6.45) is 0. The van der Waals surface area contributed by atoms with E-state index in [1.165, 1.54) is 4.88 Å². The van der Waals surface area contributed by atoms with E-state index in [0.717, 1.165) is 29.0 Å². The Morgan fingerprint density at radius 2 is 2.12 bits per heavy atom. The highest BCUT2D eigenvalue weighted by Crippen LogP contribution is 2.17. The minimum atomic E-state index is 0. The van der Waals surface area contributed by atoms with E-state index >= 15 is 0 Å². The van der Waals surface area contributed by atoms with Crippen LogP contribution in [0.15, 0.2) is 29.3 Å². The third kappa shape index (κ3) is 7.79. The van der Waals surface area contributed by atoms with Gasteiger partial charge in [0, 0.05) is 16.4 Å². The first-order valence-electron chi connectivity index (χ1n) is 7.92. The van der Waals surface area contributed by atoms with Crippen LogP contribution in [-0.2, 0) is 6.54 Å². The van der Waals surface area contributed by atoms with Gasteiger partial charge in [0.2, 0.25) is 0 Å². The summed E-state index contributed by atoms with van der Waals surface area (Å²) in [5, 5.41) is 8.17. The number of aryl methyl sites for hydroxylation is 2. The van der Waals surface area contributed by atoms with Gasteiger partial charge >= 0.3 is 0 Å². The van der Waals surface area contributed by atoms with E-state index in [1.54, 1.807) is 17.4 Å². The minimum Gasteiger partial charge on any atom is -0.492 e. The van der Waals surface area contributed by atoms with Crippen LogP contribution in [0.1, 0.15) is 22.5 Å². The first-order valence-corrected chi connectivity index (χ1v) is 9.11. The zero-order valence-corrected chi connectivity index (χ0v) is 18.5. The van der Waals surface area contributed by atoms with Crippen LogP contribution >= 0.6 is 46.9 Å². The standard InChI is InChI=1S/C17H23ClN4OS.HI/c1-4-19-17(21-11-16-22-12(2)13(3)24-16)20-8-9-23-15-7-5-6-14(18)10-15;/h5-7,10H,4,8-9,11H2,1-3H3,(H2,19,20,21);1H. The van der Waals surface area contributed by atoms with Crippen LogP contribution in [-0.4, -0.2) is 30.6 Å². The Kier molecular flexibility index (Phi) is 10.1. The normalized spacial score (nSPS) is 11.0. The summed E-state index contributed by atoms with van der Waals surface area (Å²) in [7, 11) is 0. The molecule has 1 heterocycles. The van der Waals surface area contributed by atoms with E-state index in [2.05, 4.69) is 27.5 Å². The predicted molar refractivity (Wildman–Crippen MR) is 117 cm³/mol. The molecule has 2 rings (SSSR count). The Labute approximate surface area is 175 Å². The molecule has 1 aromatic carbocycles. The summed E-state index contributed by atoms with van der Waals surface area (Å²) >= 11 is 7.62. The molecular weight excluding hydrogens is 471 g/mol. The fraction of sp³-hybridized carbons (Fsp3) is 0.412. The molecule has 0 aliphatic heterocycles. The van der Waals surface area contributed by atoms with Crippen LogP contribution in [0.4, 0.5) is 0 Å². The molecule has 0 fully saturated rings. The van der Waals surface area contributed by atoms with E-state index in [-0.39, 0.29) is 24.0 Å². The second-order valence-corrected chi connectivity index (χ2v) is 6.90. The zero-order chi connectivity index (χ0) is 17.4. The molecule has 2 aromatic rings. The highest BCUT2D eigenvalue weighted by Gasteiger charge is 2.04. The number of hydrogen-bond acceptors (Lipinski definition) is 4. The molecule has 0 aliphatic rings. The molecule has 25 heavy (non-hydrogen) atoms. The molecule has 0 unspecified atom stereocenters. The van der Waals surface area contributed by atoms with Crippen molar-refractivity contribution in [3.63, 3.8) is 0 Å². The molecule has 0 bridgehead atoms. The highest BCUT2D eigenvalue weighted by atomic mass is 127. The maximum Gasteiger partial charge on any atom is 0.191 e. The average molecular weight is 495 g/mol. The molecule has 138 valence electrons. The van der Waals surface area contributed by atoms with Crippen molar-refractivity contribution in [2.75, 3.05) is 19.7 Å². The number of guanidine groups is 1. The van der Waals surface area contributed by atoms with Gasteiger partial charge in [0.05, 0.1) is 18.8 Å². The van der Waals surface area contributed by atoms with E-state index in [1.807, 2.05) is 32.0 Å². The molecule has 0 aliphatic carbocycles. The first kappa shape index (κ1) is 22.0. The van der Waals surface area contributed by atoms with Crippen molar-refractivity contribution >= 4 is 52.9 Å². The van der Waals surface area contributed by atoms with Crippen molar-refractivity contribution in [3.05, 3.63) is 44.9 Å². The number of aromatic nitrogens is 1. The van der Waals surface area contributed by atoms with Gasteiger partial charge in [-0.15, -0.1) is 35.3 Å². The van der Waals surface area contributed by atoms with Gasteiger partial charge in [-0.3, -0.25) is 0 Å². The molecule has 1 aromatic heterocycles. The summed E-state index contributed by atoms with van der Waals surface area (Å²) in [5.74, 6) is 1.53. The van der Waals surface area contributed by atoms with Crippen LogP contribution < -0.4 is 15.4 Å². The lowest BCUT2D eigenvalue weighted by molar-refractivity contribution is 0.322. The summed E-state index contributed by atoms with van der Waals surface area (Å²) in [6.45, 7) is 8.69. The number of nitrogens with one attached hydrogen (secondary N) is 2. The molecule has 8 heteroatoms. The van der Waals surface area contributed by atoms with Crippen LogP contribution in [0.2, 0.25) is 5.02 Å². The van der Waals surface area contributed by atoms with Crippen molar-refractivity contribution in [2.24, 2.45) is 4.99 Å². The van der Waals surface area contributed by atoms with Crippen molar-refractivity contribution < 1.29 is 4.74 Å². The van der Waals surface area contributed by atoms with Gasteiger partial charge in [-0.1, -0.05) is 17.7 Å². The summed E-state index contributed by atoms with van der Waals surface area (Å²) in [6, 6.07) is 7.38. The van der Waals surface area contributed by atoms with Gasteiger partial charge in [0.15, 0.2) is 5.96 Å². The Morgan fingerprint density at radius 3 is 2.76 bits per heavy atom. The summed E-state index contributed by atoms with van der Waals surface area (Å²) < 4.78 is 5.66. The van der Waals surface area contributed by atoms with Crippen LogP contribution in [0.5, 0.6) is 5.75 Å². The van der Waals surface area contributed by atoms with E-state index in [9.17, 15) is 0 Å². The Balaban J connectivity index is 0.00000312. The highest BCUT2D eigenvalue weighted by molar-refractivity contribution is 14.0. The van der Waals surface area contributed by atoms with Crippen molar-refractivity contribution in [1.29, 1.82) is 0 Å². The molecule has 0 spiro atoms. The number of halogens is 2. The molecule has 0 saturated carbocycles. The third-order valence-corrected chi connectivity index (χ3v) is 4.54. The molecular formula is C17H24ClIN4OS. The van der Waals surface area contributed by atoms with Crippen molar-refractivity contribution in [3.8, 4) is 5.75 Å². The number of ether oxygens (including phenoxy) is 1. The summed E-state index contributed by atoms with van der Waals surface area (Å²) in [4.78, 5) is 10.3. The van der Waals surface area contributed by atoms with Gasteiger partial charge in [-0.05, 0) is 39.0 Å². The van der Waals surface area contributed by atoms with Gasteiger partial charge < -0.3 is 15.4 Å². The molecule has 0 saturated heterocycles. The minimum absolute atomic E-state index is 0. The van der Waals surface area contributed by atoms with E-state index in [4.69, 9.17) is 16.3 Å². The Morgan fingerprint density at radius 1 is 1.32 bits per heavy atom. The lowest BCUT2D eigenvalue weighted by atomic mass is 10.3. The predicted octanol–water partition coefficient (Wildman–Crippen LogP) is 4.17. The maximum atomic E-state index is 5.93. The smallest absolute Gasteiger partial charge is 0.191 e. The van der Waals surface area contributed by atoms with Crippen LogP contribution in [0, 0.1) is 13.8 Å². The summed E-state index contributed by atoms with van der Waals surface area (Å²) in [5.41, 5.74) is 1.08. The van der Waals surface area contributed by atoms with Gasteiger partial charge in [0.25, 0.3) is 0 Å². The molecule has 0 atom stereocenters. The number of benzene rings is 1. The molecule has 5 nitrogen and oxygen atoms in total. The van der Waals surface area contributed by atoms with Gasteiger partial charge in [-0.2, -0.15) is 0 Å². The SMILES string of the molecule is CCNC(=NCc1nc(C)c(C)s1)NCCOc1cccc(Cl)c1.I. The molecule has 0 amide bonds. The maximum absolute atomic E-state index is 5.93. The Bertz CT molecular complexity index is 674. The van der Waals surface area contributed by atoms with E-state index in [0.29, 0.717) is 24.7 Å². The topological polar surface area (TPSA) is 58.5 Å². The van der Waals surface area contributed by atoms with Crippen LogP contribution in [0.3, 0.4) is 0 Å². The third-order valence-electron chi connectivity index (χ3n) is 3.25. The van der Waals surface area contributed by atoms with E-state index < -0.39 is 0 Å². The van der Waals surface area contributed by atoms with Gasteiger partial charge in [-0.25, -0.2) is 9.98 Å². The monoisotopic (exact) mass is 494 g/mol. The fourth-order valence-electron chi connectivity index (χ4n) is 1.99. The van der Waals surface area contributed by atoms with Crippen LogP contribution in [0.25, 0.3) is 0 Å². The Hall–Kier alpha value is -1.06. The lowest BCUT2D eigenvalue weighted by Crippen LogP contribution is -2.39.